The van der Waals surface area contributed by atoms with Crippen molar-refractivity contribution >= 4 is 17.3 Å². The lowest BCUT2D eigenvalue weighted by Crippen LogP contribution is -2.25. The number of rotatable bonds is 6. The summed E-state index contributed by atoms with van der Waals surface area (Å²) in [5, 5.41) is 3.98. The maximum atomic E-state index is 6.09. The highest BCUT2D eigenvalue weighted by atomic mass is 35.5. The maximum absolute atomic E-state index is 6.09. The Hall–Kier alpha value is -0.930. The van der Waals surface area contributed by atoms with Crippen LogP contribution in [0.5, 0.6) is 5.75 Å². The summed E-state index contributed by atoms with van der Waals surface area (Å²) in [5.41, 5.74) is 0.760. The number of benzene rings is 1. The predicted octanol–water partition coefficient (Wildman–Crippen LogP) is 3.58. The van der Waals surface area contributed by atoms with Crippen LogP contribution in [0.15, 0.2) is 18.2 Å². The summed E-state index contributed by atoms with van der Waals surface area (Å²) in [6.45, 7) is 4.91. The first-order valence-corrected chi connectivity index (χ1v) is 5.99. The van der Waals surface area contributed by atoms with Crippen LogP contribution in [0.2, 0.25) is 5.02 Å². The fourth-order valence-corrected chi connectivity index (χ4v) is 1.55. The van der Waals surface area contributed by atoms with Crippen molar-refractivity contribution < 1.29 is 9.47 Å². The van der Waals surface area contributed by atoms with Gasteiger partial charge in [0.05, 0.1) is 23.4 Å². The number of nitrogens with one attached hydrogen (secondary N) is 1. The number of ether oxygens (including phenoxy) is 2. The van der Waals surface area contributed by atoms with E-state index in [2.05, 4.69) is 19.2 Å². The van der Waals surface area contributed by atoms with Crippen molar-refractivity contribution in [2.45, 2.75) is 25.9 Å². The van der Waals surface area contributed by atoms with Crippen LogP contribution in [-0.2, 0) is 4.74 Å². The van der Waals surface area contributed by atoms with Gasteiger partial charge in [0.15, 0.2) is 0 Å². The molecule has 96 valence electrons. The molecule has 0 aromatic heterocycles. The Kier molecular flexibility index (Phi) is 5.09. The quantitative estimate of drug-likeness (QED) is 0.845. The lowest BCUT2D eigenvalue weighted by atomic mass is 10.1. The van der Waals surface area contributed by atoms with Crippen LogP contribution in [0.25, 0.3) is 0 Å². The lowest BCUT2D eigenvalue weighted by molar-refractivity contribution is 0.0185. The summed E-state index contributed by atoms with van der Waals surface area (Å²) in [5.74, 6) is 0.794. The first-order valence-electron chi connectivity index (χ1n) is 5.61. The van der Waals surface area contributed by atoms with E-state index in [9.17, 15) is 0 Å². The molecule has 1 N–H and O–H groups in total. The minimum Gasteiger partial charge on any atom is -0.497 e. The highest BCUT2D eigenvalue weighted by molar-refractivity contribution is 6.33. The second-order valence-electron chi connectivity index (χ2n) is 4.49. The van der Waals surface area contributed by atoms with Crippen molar-refractivity contribution in [3.8, 4) is 5.75 Å². The molecule has 0 amide bonds. The Labute approximate surface area is 108 Å². The van der Waals surface area contributed by atoms with Gasteiger partial charge in [0.2, 0.25) is 0 Å². The first-order chi connectivity index (χ1) is 7.98. The minimum absolute atomic E-state index is 0.127. The largest absolute Gasteiger partial charge is 0.497 e. The van der Waals surface area contributed by atoms with Crippen LogP contribution >= 0.6 is 11.6 Å². The van der Waals surface area contributed by atoms with Gasteiger partial charge in [-0.05, 0) is 32.4 Å². The van der Waals surface area contributed by atoms with Gasteiger partial charge in [0, 0.05) is 19.7 Å². The van der Waals surface area contributed by atoms with E-state index in [0.29, 0.717) is 5.02 Å². The molecule has 0 spiro atoms. The second-order valence-corrected chi connectivity index (χ2v) is 4.89. The molecule has 17 heavy (non-hydrogen) atoms. The molecule has 0 aliphatic rings. The SMILES string of the molecule is COc1ccc(Cl)c(NCCC(C)(C)OC)c1. The van der Waals surface area contributed by atoms with Gasteiger partial charge in [-0.25, -0.2) is 0 Å². The smallest absolute Gasteiger partial charge is 0.121 e. The molecule has 4 heteroatoms. The monoisotopic (exact) mass is 257 g/mol. The average Bonchev–Trinajstić information content (AvgIpc) is 2.31. The van der Waals surface area contributed by atoms with Gasteiger partial charge in [-0.15, -0.1) is 0 Å². The van der Waals surface area contributed by atoms with Crippen LogP contribution in [0.1, 0.15) is 20.3 Å². The van der Waals surface area contributed by atoms with Crippen molar-refractivity contribution in [2.75, 3.05) is 26.1 Å². The third kappa shape index (κ3) is 4.44. The summed E-state index contributed by atoms with van der Waals surface area (Å²) in [6.07, 6.45) is 0.900. The Morgan fingerprint density at radius 3 is 2.59 bits per heavy atom. The molecule has 0 unspecified atom stereocenters. The normalized spacial score (nSPS) is 11.4. The molecular weight excluding hydrogens is 238 g/mol. The van der Waals surface area contributed by atoms with Crippen molar-refractivity contribution in [3.63, 3.8) is 0 Å². The predicted molar refractivity (Wildman–Crippen MR) is 72.2 cm³/mol. The molecule has 0 bridgehead atoms. The van der Waals surface area contributed by atoms with Crippen molar-refractivity contribution in [1.82, 2.24) is 0 Å². The van der Waals surface area contributed by atoms with E-state index in [-0.39, 0.29) is 5.60 Å². The molecule has 3 nitrogen and oxygen atoms in total. The van der Waals surface area contributed by atoms with E-state index in [1.54, 1.807) is 14.2 Å². The van der Waals surface area contributed by atoms with Crippen LogP contribution in [-0.4, -0.2) is 26.4 Å². The molecular formula is C13H20ClNO2. The van der Waals surface area contributed by atoms with E-state index in [1.807, 2.05) is 18.2 Å². The summed E-state index contributed by atoms with van der Waals surface area (Å²) in [6, 6.07) is 5.55. The van der Waals surface area contributed by atoms with Crippen LogP contribution < -0.4 is 10.1 Å². The molecule has 0 aliphatic carbocycles. The molecule has 1 rings (SSSR count). The molecule has 0 saturated carbocycles. The van der Waals surface area contributed by atoms with E-state index in [0.717, 1.165) is 24.4 Å². The van der Waals surface area contributed by atoms with Crippen molar-refractivity contribution in [2.24, 2.45) is 0 Å². The topological polar surface area (TPSA) is 30.5 Å². The minimum atomic E-state index is -0.127. The molecule has 0 heterocycles. The number of hydrogen-bond donors (Lipinski definition) is 1. The van der Waals surface area contributed by atoms with Gasteiger partial charge < -0.3 is 14.8 Å². The summed E-state index contributed by atoms with van der Waals surface area (Å²) < 4.78 is 10.5. The van der Waals surface area contributed by atoms with E-state index < -0.39 is 0 Å². The van der Waals surface area contributed by atoms with E-state index >= 15 is 0 Å². The van der Waals surface area contributed by atoms with Gasteiger partial charge in [0.1, 0.15) is 5.75 Å². The Balaban J connectivity index is 2.57. The highest BCUT2D eigenvalue weighted by Gasteiger charge is 2.15. The molecule has 1 aromatic rings. The van der Waals surface area contributed by atoms with Crippen LogP contribution in [0, 0.1) is 0 Å². The molecule has 0 fully saturated rings. The van der Waals surface area contributed by atoms with Gasteiger partial charge in [-0.3, -0.25) is 0 Å². The van der Waals surface area contributed by atoms with Crippen LogP contribution in [0.4, 0.5) is 5.69 Å². The number of methoxy groups -OCH3 is 2. The zero-order chi connectivity index (χ0) is 12.9. The first kappa shape index (κ1) is 14.1. The Bertz CT molecular complexity index is 366. The Morgan fingerprint density at radius 1 is 1.29 bits per heavy atom. The van der Waals surface area contributed by atoms with Gasteiger partial charge in [0.25, 0.3) is 0 Å². The zero-order valence-electron chi connectivity index (χ0n) is 10.8. The molecule has 0 radical (unpaired) electrons. The zero-order valence-corrected chi connectivity index (χ0v) is 11.6. The van der Waals surface area contributed by atoms with Gasteiger partial charge in [-0.2, -0.15) is 0 Å². The standard InChI is InChI=1S/C13H20ClNO2/c1-13(2,17-4)7-8-15-12-9-10(16-3)5-6-11(12)14/h5-6,9,15H,7-8H2,1-4H3. The van der Waals surface area contributed by atoms with E-state index in [1.165, 1.54) is 0 Å². The summed E-state index contributed by atoms with van der Waals surface area (Å²) >= 11 is 6.09. The molecule has 0 atom stereocenters. The number of hydrogen-bond acceptors (Lipinski definition) is 3. The highest BCUT2D eigenvalue weighted by Crippen LogP contribution is 2.27. The molecule has 1 aromatic carbocycles. The van der Waals surface area contributed by atoms with Crippen LogP contribution in [0.3, 0.4) is 0 Å². The number of halogens is 1. The van der Waals surface area contributed by atoms with Gasteiger partial charge in [-0.1, -0.05) is 11.6 Å². The molecule has 0 saturated heterocycles. The fraction of sp³-hybridized carbons (Fsp3) is 0.538. The lowest BCUT2D eigenvalue weighted by Gasteiger charge is -2.23. The maximum Gasteiger partial charge on any atom is 0.121 e. The third-order valence-electron chi connectivity index (χ3n) is 2.77. The summed E-state index contributed by atoms with van der Waals surface area (Å²) in [4.78, 5) is 0. The van der Waals surface area contributed by atoms with E-state index in [4.69, 9.17) is 21.1 Å². The molecule has 0 aliphatic heterocycles. The van der Waals surface area contributed by atoms with Gasteiger partial charge >= 0.3 is 0 Å². The second kappa shape index (κ2) is 6.12. The third-order valence-corrected chi connectivity index (χ3v) is 3.10. The van der Waals surface area contributed by atoms with Crippen molar-refractivity contribution in [3.05, 3.63) is 23.2 Å². The fourth-order valence-electron chi connectivity index (χ4n) is 1.37. The van der Waals surface area contributed by atoms with Crippen molar-refractivity contribution in [1.29, 1.82) is 0 Å². The Morgan fingerprint density at radius 2 is 2.00 bits per heavy atom. The summed E-state index contributed by atoms with van der Waals surface area (Å²) in [7, 11) is 3.36. The number of anilines is 1. The average molecular weight is 258 g/mol.